The second-order valence-electron chi connectivity index (χ2n) is 5.99. The molecule has 0 bridgehead atoms. The lowest BCUT2D eigenvalue weighted by molar-refractivity contribution is 0.233. The van der Waals surface area contributed by atoms with Crippen molar-refractivity contribution in [3.05, 3.63) is 47.2 Å². The summed E-state index contributed by atoms with van der Waals surface area (Å²) in [4.78, 5) is 11.9. The second kappa shape index (κ2) is 6.22. The van der Waals surface area contributed by atoms with Gasteiger partial charge < -0.3 is 9.84 Å². The van der Waals surface area contributed by atoms with Crippen molar-refractivity contribution >= 4 is 11.8 Å². The van der Waals surface area contributed by atoms with E-state index in [-0.39, 0.29) is 6.03 Å². The molecule has 0 aliphatic heterocycles. The number of aromatic nitrogens is 1. The Balaban J connectivity index is 1.41. The van der Waals surface area contributed by atoms with Gasteiger partial charge in [-0.2, -0.15) is 0 Å². The van der Waals surface area contributed by atoms with Crippen LogP contribution in [0, 0.1) is 19.8 Å². The van der Waals surface area contributed by atoms with Crippen LogP contribution in [0.25, 0.3) is 0 Å². The lowest BCUT2D eigenvalue weighted by Gasteiger charge is -2.35. The Morgan fingerprint density at radius 2 is 2.00 bits per heavy atom. The summed E-state index contributed by atoms with van der Waals surface area (Å²) in [5, 5.41) is 9.45. The molecule has 0 atom stereocenters. The average molecular weight is 299 g/mol. The molecule has 5 heteroatoms. The standard InChI is InChI=1S/C17H21N3O2/c1-11-12(2)22-20-16(11)19-17(21)18-10-13-8-15(9-13)14-6-4-3-5-7-14/h3-7,13,15H,8-10H2,1-2H3,(H2,18,19,20,21). The predicted molar refractivity (Wildman–Crippen MR) is 84.9 cm³/mol. The van der Waals surface area contributed by atoms with Crippen molar-refractivity contribution < 1.29 is 9.32 Å². The van der Waals surface area contributed by atoms with Gasteiger partial charge in [-0.25, -0.2) is 4.79 Å². The normalized spacial score (nSPS) is 20.3. The Bertz CT molecular complexity index is 645. The number of benzene rings is 1. The molecule has 1 aromatic carbocycles. The van der Waals surface area contributed by atoms with Crippen molar-refractivity contribution in [1.29, 1.82) is 0 Å². The van der Waals surface area contributed by atoms with Crippen LogP contribution in [-0.2, 0) is 0 Å². The molecule has 22 heavy (non-hydrogen) atoms. The SMILES string of the molecule is Cc1onc(NC(=O)NCC2CC(c3ccccc3)C2)c1C. The third-order valence-electron chi connectivity index (χ3n) is 4.45. The quantitative estimate of drug-likeness (QED) is 0.906. The summed E-state index contributed by atoms with van der Waals surface area (Å²) in [5.41, 5.74) is 2.26. The van der Waals surface area contributed by atoms with Gasteiger partial charge in [0, 0.05) is 12.1 Å². The Morgan fingerprint density at radius 1 is 1.27 bits per heavy atom. The highest BCUT2D eigenvalue weighted by molar-refractivity contribution is 5.88. The smallest absolute Gasteiger partial charge is 0.320 e. The Hall–Kier alpha value is -2.30. The first-order valence-electron chi connectivity index (χ1n) is 7.66. The second-order valence-corrected chi connectivity index (χ2v) is 5.99. The van der Waals surface area contributed by atoms with Gasteiger partial charge in [-0.15, -0.1) is 0 Å². The number of anilines is 1. The molecule has 1 aromatic heterocycles. The van der Waals surface area contributed by atoms with Crippen molar-refractivity contribution in [3.63, 3.8) is 0 Å². The third kappa shape index (κ3) is 3.13. The summed E-state index contributed by atoms with van der Waals surface area (Å²) in [6.45, 7) is 4.40. The van der Waals surface area contributed by atoms with Gasteiger partial charge in [-0.05, 0) is 44.1 Å². The van der Waals surface area contributed by atoms with Gasteiger partial charge in [-0.3, -0.25) is 5.32 Å². The Morgan fingerprint density at radius 3 is 2.64 bits per heavy atom. The maximum Gasteiger partial charge on any atom is 0.320 e. The Labute approximate surface area is 130 Å². The van der Waals surface area contributed by atoms with Crippen molar-refractivity contribution in [2.24, 2.45) is 5.92 Å². The molecule has 0 radical (unpaired) electrons. The molecule has 1 aliphatic rings. The fourth-order valence-electron chi connectivity index (χ4n) is 2.82. The van der Waals surface area contributed by atoms with E-state index >= 15 is 0 Å². The van der Waals surface area contributed by atoms with Gasteiger partial charge in [0.05, 0.1) is 0 Å². The topological polar surface area (TPSA) is 67.2 Å². The minimum atomic E-state index is -0.223. The van der Waals surface area contributed by atoms with Crippen molar-refractivity contribution in [3.8, 4) is 0 Å². The largest absolute Gasteiger partial charge is 0.359 e. The van der Waals surface area contributed by atoms with Gasteiger partial charge in [0.15, 0.2) is 5.82 Å². The van der Waals surface area contributed by atoms with E-state index in [1.807, 2.05) is 19.9 Å². The molecule has 0 saturated heterocycles. The van der Waals surface area contributed by atoms with Crippen molar-refractivity contribution in [2.75, 3.05) is 11.9 Å². The zero-order valence-electron chi connectivity index (χ0n) is 12.9. The number of aryl methyl sites for hydroxylation is 1. The average Bonchev–Trinajstić information content (AvgIpc) is 2.79. The fraction of sp³-hybridized carbons (Fsp3) is 0.412. The van der Waals surface area contributed by atoms with E-state index in [1.54, 1.807) is 0 Å². The summed E-state index contributed by atoms with van der Waals surface area (Å²) in [6, 6.07) is 10.3. The first kappa shape index (κ1) is 14.6. The summed E-state index contributed by atoms with van der Waals surface area (Å²) >= 11 is 0. The van der Waals surface area contributed by atoms with Crippen molar-refractivity contribution in [1.82, 2.24) is 10.5 Å². The monoisotopic (exact) mass is 299 g/mol. The summed E-state index contributed by atoms with van der Waals surface area (Å²) in [6.07, 6.45) is 2.26. The van der Waals surface area contributed by atoms with E-state index in [0.29, 0.717) is 24.2 Å². The number of urea groups is 1. The highest BCUT2D eigenvalue weighted by atomic mass is 16.5. The van der Waals surface area contributed by atoms with E-state index < -0.39 is 0 Å². The van der Waals surface area contributed by atoms with Gasteiger partial charge in [0.2, 0.25) is 0 Å². The van der Waals surface area contributed by atoms with Crippen LogP contribution in [0.4, 0.5) is 10.6 Å². The molecule has 5 nitrogen and oxygen atoms in total. The van der Waals surface area contributed by atoms with E-state index in [9.17, 15) is 4.79 Å². The number of nitrogens with one attached hydrogen (secondary N) is 2. The number of carbonyl (C=O) groups excluding carboxylic acids is 1. The molecule has 116 valence electrons. The zero-order valence-corrected chi connectivity index (χ0v) is 12.9. The van der Waals surface area contributed by atoms with Crippen LogP contribution in [0.3, 0.4) is 0 Å². The molecule has 2 amide bonds. The van der Waals surface area contributed by atoms with Crippen molar-refractivity contribution in [2.45, 2.75) is 32.6 Å². The maximum absolute atomic E-state index is 11.9. The number of amides is 2. The molecule has 1 saturated carbocycles. The van der Waals surface area contributed by atoms with Crippen LogP contribution in [0.5, 0.6) is 0 Å². The number of rotatable bonds is 4. The first-order chi connectivity index (χ1) is 10.6. The first-order valence-corrected chi connectivity index (χ1v) is 7.66. The maximum atomic E-state index is 11.9. The molecular weight excluding hydrogens is 278 g/mol. The van der Waals surface area contributed by atoms with E-state index in [1.165, 1.54) is 5.56 Å². The molecular formula is C17H21N3O2. The number of hydrogen-bond acceptors (Lipinski definition) is 3. The highest BCUT2D eigenvalue weighted by Crippen LogP contribution is 2.40. The van der Waals surface area contributed by atoms with Crippen LogP contribution in [0.2, 0.25) is 0 Å². The van der Waals surface area contributed by atoms with Gasteiger partial charge >= 0.3 is 6.03 Å². The molecule has 2 aromatic rings. The van der Waals surface area contributed by atoms with Crippen LogP contribution in [-0.4, -0.2) is 17.7 Å². The van der Waals surface area contributed by atoms with Gasteiger partial charge in [-0.1, -0.05) is 35.5 Å². The molecule has 0 unspecified atom stereocenters. The predicted octanol–water partition coefficient (Wildman–Crippen LogP) is 3.61. The van der Waals surface area contributed by atoms with Crippen LogP contribution < -0.4 is 10.6 Å². The molecule has 2 N–H and O–H groups in total. The molecule has 3 rings (SSSR count). The van der Waals surface area contributed by atoms with Crippen LogP contribution in [0.15, 0.2) is 34.9 Å². The van der Waals surface area contributed by atoms with Crippen LogP contribution in [0.1, 0.15) is 35.6 Å². The highest BCUT2D eigenvalue weighted by Gasteiger charge is 2.30. The molecule has 1 aliphatic carbocycles. The third-order valence-corrected chi connectivity index (χ3v) is 4.45. The fourth-order valence-corrected chi connectivity index (χ4v) is 2.82. The number of carbonyl (C=O) groups is 1. The summed E-state index contributed by atoms with van der Waals surface area (Å²) in [7, 11) is 0. The minimum absolute atomic E-state index is 0.223. The Kier molecular flexibility index (Phi) is 4.13. The molecule has 0 spiro atoms. The summed E-state index contributed by atoms with van der Waals surface area (Å²) in [5.74, 6) is 2.40. The molecule has 1 heterocycles. The zero-order chi connectivity index (χ0) is 15.5. The lowest BCUT2D eigenvalue weighted by atomic mass is 9.71. The number of nitrogens with zero attached hydrogens (tertiary/aromatic N) is 1. The van der Waals surface area contributed by atoms with Gasteiger partial charge in [0.1, 0.15) is 5.76 Å². The van der Waals surface area contributed by atoms with Gasteiger partial charge in [0.25, 0.3) is 0 Å². The van der Waals surface area contributed by atoms with Crippen LogP contribution >= 0.6 is 0 Å². The van der Waals surface area contributed by atoms with E-state index in [0.717, 1.165) is 24.2 Å². The molecule has 1 fully saturated rings. The van der Waals surface area contributed by atoms with E-state index in [4.69, 9.17) is 4.52 Å². The minimum Gasteiger partial charge on any atom is -0.359 e. The lowest BCUT2D eigenvalue weighted by Crippen LogP contribution is -2.37. The summed E-state index contributed by atoms with van der Waals surface area (Å²) < 4.78 is 5.02. The van der Waals surface area contributed by atoms with E-state index in [2.05, 4.69) is 40.1 Å². The number of hydrogen-bond donors (Lipinski definition) is 2.